The molecular formula is C13H13N. The summed E-state index contributed by atoms with van der Waals surface area (Å²) in [5.41, 5.74) is 3.43. The van der Waals surface area contributed by atoms with Gasteiger partial charge in [-0.3, -0.25) is 4.99 Å². The van der Waals surface area contributed by atoms with Gasteiger partial charge in [-0.25, -0.2) is 0 Å². The SMILES string of the molecule is CC1=CC=CCC(c2ccccc2)=N1. The minimum absolute atomic E-state index is 0.915. The molecule has 0 N–H and O–H groups in total. The zero-order valence-corrected chi connectivity index (χ0v) is 8.27. The molecule has 2 rings (SSSR count). The lowest BCUT2D eigenvalue weighted by atomic mass is 10.1. The molecule has 0 unspecified atom stereocenters. The molecule has 1 aliphatic heterocycles. The Kier molecular flexibility index (Phi) is 2.59. The quantitative estimate of drug-likeness (QED) is 0.633. The van der Waals surface area contributed by atoms with E-state index in [0.717, 1.165) is 17.8 Å². The van der Waals surface area contributed by atoms with Gasteiger partial charge in [0.1, 0.15) is 0 Å². The zero-order valence-electron chi connectivity index (χ0n) is 8.27. The number of nitrogens with zero attached hydrogens (tertiary/aromatic N) is 1. The van der Waals surface area contributed by atoms with E-state index in [1.165, 1.54) is 5.56 Å². The van der Waals surface area contributed by atoms with Crippen molar-refractivity contribution in [1.29, 1.82) is 0 Å². The normalized spacial score (nSPS) is 15.8. The van der Waals surface area contributed by atoms with Gasteiger partial charge in [-0.05, 0) is 18.6 Å². The van der Waals surface area contributed by atoms with Crippen LogP contribution in [0.1, 0.15) is 18.9 Å². The third-order valence-corrected chi connectivity index (χ3v) is 2.20. The van der Waals surface area contributed by atoms with E-state index in [1.54, 1.807) is 0 Å². The molecule has 70 valence electrons. The van der Waals surface area contributed by atoms with Crippen LogP contribution in [0, 0.1) is 0 Å². The van der Waals surface area contributed by atoms with Crippen LogP contribution in [-0.4, -0.2) is 5.71 Å². The molecule has 1 heteroatoms. The molecule has 0 radical (unpaired) electrons. The lowest BCUT2D eigenvalue weighted by molar-refractivity contribution is 1.28. The van der Waals surface area contributed by atoms with Gasteiger partial charge in [-0.2, -0.15) is 0 Å². The van der Waals surface area contributed by atoms with Crippen molar-refractivity contribution in [2.75, 3.05) is 0 Å². The molecule has 0 saturated heterocycles. The van der Waals surface area contributed by atoms with Crippen LogP contribution in [0.3, 0.4) is 0 Å². The molecule has 0 fully saturated rings. The smallest absolute Gasteiger partial charge is 0.0516 e. The maximum Gasteiger partial charge on any atom is 0.0516 e. The fourth-order valence-corrected chi connectivity index (χ4v) is 1.50. The molecule has 1 aromatic rings. The predicted octanol–water partition coefficient (Wildman–Crippen LogP) is 3.34. The fourth-order valence-electron chi connectivity index (χ4n) is 1.50. The molecule has 14 heavy (non-hydrogen) atoms. The number of rotatable bonds is 1. The summed E-state index contributed by atoms with van der Waals surface area (Å²) >= 11 is 0. The van der Waals surface area contributed by atoms with Crippen molar-refractivity contribution in [1.82, 2.24) is 0 Å². The highest BCUT2D eigenvalue weighted by atomic mass is 14.7. The highest BCUT2D eigenvalue weighted by Gasteiger charge is 2.02. The van der Waals surface area contributed by atoms with Crippen LogP contribution in [0.2, 0.25) is 0 Å². The predicted molar refractivity (Wildman–Crippen MR) is 60.5 cm³/mol. The average molecular weight is 183 g/mol. The number of aliphatic imine (C=N–C) groups is 1. The number of benzene rings is 1. The van der Waals surface area contributed by atoms with Gasteiger partial charge in [0.05, 0.1) is 5.71 Å². The van der Waals surface area contributed by atoms with Crippen LogP contribution in [0.4, 0.5) is 0 Å². The van der Waals surface area contributed by atoms with Crippen LogP contribution in [0.15, 0.2) is 59.2 Å². The summed E-state index contributed by atoms with van der Waals surface area (Å²) < 4.78 is 0. The molecule has 1 heterocycles. The summed E-state index contributed by atoms with van der Waals surface area (Å²) in [6.07, 6.45) is 7.16. The zero-order chi connectivity index (χ0) is 9.80. The van der Waals surface area contributed by atoms with Crippen LogP contribution in [0.25, 0.3) is 0 Å². The summed E-state index contributed by atoms with van der Waals surface area (Å²) in [7, 11) is 0. The molecule has 0 aliphatic carbocycles. The van der Waals surface area contributed by atoms with E-state index >= 15 is 0 Å². The van der Waals surface area contributed by atoms with Crippen molar-refractivity contribution in [2.45, 2.75) is 13.3 Å². The van der Waals surface area contributed by atoms with Crippen molar-refractivity contribution in [2.24, 2.45) is 4.99 Å². The first kappa shape index (κ1) is 8.95. The Labute approximate surface area is 84.5 Å². The number of hydrogen-bond donors (Lipinski definition) is 0. The third-order valence-electron chi connectivity index (χ3n) is 2.20. The topological polar surface area (TPSA) is 12.4 Å². The minimum atomic E-state index is 0.915. The van der Waals surface area contributed by atoms with Gasteiger partial charge in [0.25, 0.3) is 0 Å². The Morgan fingerprint density at radius 3 is 2.71 bits per heavy atom. The highest BCUT2D eigenvalue weighted by Crippen LogP contribution is 2.11. The first-order valence-electron chi connectivity index (χ1n) is 4.83. The van der Waals surface area contributed by atoms with E-state index < -0.39 is 0 Å². The monoisotopic (exact) mass is 183 g/mol. The maximum atomic E-state index is 4.56. The summed E-state index contributed by atoms with van der Waals surface area (Å²) in [5, 5.41) is 0. The Morgan fingerprint density at radius 2 is 1.93 bits per heavy atom. The standard InChI is InChI=1S/C13H13N/c1-11-7-5-6-10-13(14-11)12-8-3-2-4-9-12/h2-9H,10H2,1H3. The summed E-state index contributed by atoms with van der Waals surface area (Å²) in [6.45, 7) is 2.03. The van der Waals surface area contributed by atoms with Crippen molar-refractivity contribution in [3.8, 4) is 0 Å². The Balaban J connectivity index is 2.36. The molecule has 1 nitrogen and oxygen atoms in total. The second-order valence-corrected chi connectivity index (χ2v) is 3.36. The largest absolute Gasteiger partial charge is 0.257 e. The van der Waals surface area contributed by atoms with Crippen molar-refractivity contribution in [3.63, 3.8) is 0 Å². The van der Waals surface area contributed by atoms with E-state index in [9.17, 15) is 0 Å². The van der Waals surface area contributed by atoms with Crippen LogP contribution in [0.5, 0.6) is 0 Å². The Morgan fingerprint density at radius 1 is 1.14 bits per heavy atom. The molecule has 1 aromatic carbocycles. The van der Waals surface area contributed by atoms with Crippen molar-refractivity contribution >= 4 is 5.71 Å². The average Bonchev–Trinajstić information content (AvgIpc) is 2.44. The molecule has 0 aromatic heterocycles. The fraction of sp³-hybridized carbons (Fsp3) is 0.154. The Bertz CT molecular complexity index is 397. The van der Waals surface area contributed by atoms with Gasteiger partial charge in [-0.1, -0.05) is 42.5 Å². The van der Waals surface area contributed by atoms with Gasteiger partial charge in [-0.15, -0.1) is 0 Å². The summed E-state index contributed by atoms with van der Waals surface area (Å²) in [6, 6.07) is 10.3. The lowest BCUT2D eigenvalue weighted by Gasteiger charge is -2.02. The van der Waals surface area contributed by atoms with E-state index in [4.69, 9.17) is 0 Å². The maximum absolute atomic E-state index is 4.56. The van der Waals surface area contributed by atoms with Crippen molar-refractivity contribution < 1.29 is 0 Å². The van der Waals surface area contributed by atoms with Gasteiger partial charge >= 0.3 is 0 Å². The van der Waals surface area contributed by atoms with Gasteiger partial charge < -0.3 is 0 Å². The van der Waals surface area contributed by atoms with Gasteiger partial charge in [0.15, 0.2) is 0 Å². The molecular weight excluding hydrogens is 170 g/mol. The second-order valence-electron chi connectivity index (χ2n) is 3.36. The van der Waals surface area contributed by atoms with Crippen molar-refractivity contribution in [3.05, 3.63) is 59.8 Å². The van der Waals surface area contributed by atoms with E-state index in [-0.39, 0.29) is 0 Å². The first-order valence-corrected chi connectivity index (χ1v) is 4.83. The molecule has 0 saturated carbocycles. The van der Waals surface area contributed by atoms with Crippen LogP contribution in [-0.2, 0) is 0 Å². The van der Waals surface area contributed by atoms with E-state index in [2.05, 4.69) is 29.3 Å². The van der Waals surface area contributed by atoms with Gasteiger partial charge in [0, 0.05) is 12.1 Å². The van der Waals surface area contributed by atoms with E-state index in [0.29, 0.717) is 0 Å². The van der Waals surface area contributed by atoms with Crippen LogP contribution >= 0.6 is 0 Å². The third kappa shape index (κ3) is 1.99. The molecule has 0 atom stereocenters. The van der Waals surface area contributed by atoms with Gasteiger partial charge in [0.2, 0.25) is 0 Å². The molecule has 0 spiro atoms. The summed E-state index contributed by atoms with van der Waals surface area (Å²) in [5.74, 6) is 0. The Hall–Kier alpha value is -1.63. The first-order chi connectivity index (χ1) is 6.86. The van der Waals surface area contributed by atoms with E-state index in [1.807, 2.05) is 31.2 Å². The molecule has 0 bridgehead atoms. The minimum Gasteiger partial charge on any atom is -0.257 e. The molecule has 0 amide bonds. The highest BCUT2D eigenvalue weighted by molar-refractivity contribution is 6.02. The second kappa shape index (κ2) is 4.05. The lowest BCUT2D eigenvalue weighted by Crippen LogP contribution is -1.98. The van der Waals surface area contributed by atoms with Crippen LogP contribution < -0.4 is 0 Å². The number of allylic oxidation sites excluding steroid dienone is 4. The number of hydrogen-bond acceptors (Lipinski definition) is 1. The molecule has 1 aliphatic rings. The summed E-state index contributed by atoms with van der Waals surface area (Å²) in [4.78, 5) is 4.56.